The molecule has 2 aromatic carbocycles. The summed E-state index contributed by atoms with van der Waals surface area (Å²) in [4.78, 5) is 24.6. The summed E-state index contributed by atoms with van der Waals surface area (Å²) < 4.78 is 11.7. The summed E-state index contributed by atoms with van der Waals surface area (Å²) in [6.45, 7) is 0. The fraction of sp³-hybridized carbons (Fsp3) is 0.111. The van der Waals surface area contributed by atoms with Gasteiger partial charge in [-0.1, -0.05) is 46.3 Å². The van der Waals surface area contributed by atoms with Crippen molar-refractivity contribution < 1.29 is 13.9 Å². The Morgan fingerprint density at radius 2 is 1.74 bits per heavy atom. The number of fused-ring (bicyclic) bond motifs is 3. The lowest BCUT2D eigenvalue weighted by Crippen LogP contribution is -2.26. The molecule has 0 aliphatic carbocycles. The van der Waals surface area contributed by atoms with Crippen LogP contribution in [0.2, 0.25) is 0 Å². The molecule has 0 radical (unpaired) electrons. The second-order valence-corrected chi connectivity index (χ2v) is 6.24. The quantitative estimate of drug-likeness (QED) is 0.479. The first kappa shape index (κ1) is 14.2. The van der Waals surface area contributed by atoms with E-state index in [1.165, 1.54) is 0 Å². The molecule has 0 saturated carbocycles. The van der Waals surface area contributed by atoms with E-state index in [-0.39, 0.29) is 18.3 Å². The van der Waals surface area contributed by atoms with Crippen molar-refractivity contribution in [3.05, 3.63) is 74.6 Å². The first-order valence-corrected chi connectivity index (χ1v) is 7.95. The van der Waals surface area contributed by atoms with Crippen LogP contribution in [0.25, 0.3) is 11.0 Å². The maximum absolute atomic E-state index is 12.5. The fourth-order valence-electron chi connectivity index (χ4n) is 2.99. The molecule has 114 valence electrons. The molecule has 1 aromatic heterocycles. The number of para-hydroxylation sites is 1. The number of carbonyl (C=O) groups excluding carboxylic acids is 1. The van der Waals surface area contributed by atoms with Crippen LogP contribution in [0.5, 0.6) is 5.75 Å². The number of rotatable bonds is 1. The average molecular weight is 371 g/mol. The molecule has 1 aliphatic heterocycles. The first-order valence-electron chi connectivity index (χ1n) is 7.16. The zero-order chi connectivity index (χ0) is 16.0. The smallest absolute Gasteiger partial charge is 0.343 e. The molecule has 4 rings (SSSR count). The summed E-state index contributed by atoms with van der Waals surface area (Å²) in [7, 11) is 0. The molecule has 23 heavy (non-hydrogen) atoms. The van der Waals surface area contributed by atoms with E-state index in [0.717, 1.165) is 10.0 Å². The summed E-state index contributed by atoms with van der Waals surface area (Å²) >= 11 is 3.49. The highest BCUT2D eigenvalue weighted by molar-refractivity contribution is 9.10. The zero-order valence-corrected chi connectivity index (χ0v) is 13.5. The zero-order valence-electron chi connectivity index (χ0n) is 11.9. The largest absolute Gasteiger partial charge is 0.425 e. The van der Waals surface area contributed by atoms with Gasteiger partial charge in [-0.15, -0.1) is 0 Å². The minimum absolute atomic E-state index is 0.110. The number of ether oxygens (including phenoxy) is 1. The van der Waals surface area contributed by atoms with Crippen molar-refractivity contribution in [2.45, 2.75) is 12.3 Å². The maximum atomic E-state index is 12.5. The van der Waals surface area contributed by atoms with Crippen LogP contribution in [-0.4, -0.2) is 5.97 Å². The van der Waals surface area contributed by atoms with E-state index in [2.05, 4.69) is 15.9 Å². The van der Waals surface area contributed by atoms with Gasteiger partial charge in [-0.05, 0) is 23.8 Å². The minimum atomic E-state index is -0.466. The van der Waals surface area contributed by atoms with Crippen molar-refractivity contribution >= 4 is 32.9 Å². The highest BCUT2D eigenvalue weighted by atomic mass is 79.9. The molecule has 0 unspecified atom stereocenters. The number of benzene rings is 2. The molecule has 0 N–H and O–H groups in total. The lowest BCUT2D eigenvalue weighted by atomic mass is 9.87. The third kappa shape index (κ3) is 2.28. The summed E-state index contributed by atoms with van der Waals surface area (Å²) in [5.74, 6) is -0.425. The molecule has 1 atom stereocenters. The van der Waals surface area contributed by atoms with E-state index in [1.807, 2.05) is 30.3 Å². The van der Waals surface area contributed by atoms with Crippen LogP contribution in [0, 0.1) is 0 Å². The van der Waals surface area contributed by atoms with Crippen molar-refractivity contribution in [2.24, 2.45) is 0 Å². The average Bonchev–Trinajstić information content (AvgIpc) is 2.54. The molecule has 4 nitrogen and oxygen atoms in total. The monoisotopic (exact) mass is 370 g/mol. The molecule has 0 saturated heterocycles. The molecule has 2 heterocycles. The van der Waals surface area contributed by atoms with Crippen LogP contribution in [0.1, 0.15) is 23.5 Å². The summed E-state index contributed by atoms with van der Waals surface area (Å²) in [6, 6.07) is 14.6. The van der Waals surface area contributed by atoms with E-state index in [4.69, 9.17) is 9.15 Å². The third-order valence-corrected chi connectivity index (χ3v) is 4.74. The number of hydrogen-bond donors (Lipinski definition) is 0. The second kappa shape index (κ2) is 5.35. The van der Waals surface area contributed by atoms with Gasteiger partial charge in [0.25, 0.3) is 0 Å². The van der Waals surface area contributed by atoms with Crippen LogP contribution < -0.4 is 10.4 Å². The van der Waals surface area contributed by atoms with Crippen molar-refractivity contribution in [3.8, 4) is 5.75 Å². The molecule has 0 spiro atoms. The predicted octanol–water partition coefficient (Wildman–Crippen LogP) is 4.00. The van der Waals surface area contributed by atoms with Gasteiger partial charge >= 0.3 is 11.6 Å². The second-order valence-electron chi connectivity index (χ2n) is 5.38. The van der Waals surface area contributed by atoms with Gasteiger partial charge in [-0.2, -0.15) is 0 Å². The number of esters is 1. The molecule has 0 fully saturated rings. The predicted molar refractivity (Wildman–Crippen MR) is 88.7 cm³/mol. The first-order chi connectivity index (χ1) is 11.1. The SMILES string of the molecule is O=C1C[C@@H](c2ccccc2Br)c2c(c3ccccc3oc2=O)O1. The van der Waals surface area contributed by atoms with Gasteiger partial charge < -0.3 is 9.15 Å². The minimum Gasteiger partial charge on any atom is -0.425 e. The summed E-state index contributed by atoms with van der Waals surface area (Å²) in [6.07, 6.45) is 0.110. The lowest BCUT2D eigenvalue weighted by molar-refractivity contribution is -0.135. The van der Waals surface area contributed by atoms with Crippen molar-refractivity contribution in [3.63, 3.8) is 0 Å². The Kier molecular flexibility index (Phi) is 3.31. The summed E-state index contributed by atoms with van der Waals surface area (Å²) in [5.41, 5.74) is 1.21. The Hall–Kier alpha value is -2.40. The van der Waals surface area contributed by atoms with E-state index in [1.54, 1.807) is 18.2 Å². The van der Waals surface area contributed by atoms with Crippen LogP contribution in [-0.2, 0) is 4.79 Å². The highest BCUT2D eigenvalue weighted by Crippen LogP contribution is 2.42. The topological polar surface area (TPSA) is 56.5 Å². The Balaban J connectivity index is 2.05. The Bertz CT molecular complexity index is 990. The molecule has 0 amide bonds. The van der Waals surface area contributed by atoms with Crippen molar-refractivity contribution in [1.82, 2.24) is 0 Å². The van der Waals surface area contributed by atoms with Crippen LogP contribution in [0.3, 0.4) is 0 Å². The Morgan fingerprint density at radius 3 is 2.57 bits per heavy atom. The van der Waals surface area contributed by atoms with Crippen LogP contribution in [0.15, 0.2) is 62.2 Å². The molecule has 0 bridgehead atoms. The maximum Gasteiger partial charge on any atom is 0.343 e. The molecular formula is C18H11BrO4. The molecule has 5 heteroatoms. The normalized spacial score (nSPS) is 16.9. The van der Waals surface area contributed by atoms with E-state index in [9.17, 15) is 9.59 Å². The van der Waals surface area contributed by atoms with E-state index in [0.29, 0.717) is 22.3 Å². The molecular weight excluding hydrogens is 360 g/mol. The van der Waals surface area contributed by atoms with Crippen LogP contribution >= 0.6 is 15.9 Å². The third-order valence-electron chi connectivity index (χ3n) is 4.01. The molecule has 1 aliphatic rings. The summed E-state index contributed by atoms with van der Waals surface area (Å²) in [5, 5.41) is 0.632. The van der Waals surface area contributed by atoms with Gasteiger partial charge in [0.15, 0.2) is 5.75 Å². The van der Waals surface area contributed by atoms with Crippen molar-refractivity contribution in [2.75, 3.05) is 0 Å². The van der Waals surface area contributed by atoms with Gasteiger partial charge in [0.05, 0.1) is 17.4 Å². The standard InChI is InChI=1S/C18H11BrO4/c19-13-7-3-1-5-10(13)12-9-15(20)23-17-11-6-2-4-8-14(11)22-18(21)16(12)17/h1-8,12H,9H2/t12-/m0/s1. The van der Waals surface area contributed by atoms with E-state index >= 15 is 0 Å². The van der Waals surface area contributed by atoms with Gasteiger partial charge in [0, 0.05) is 10.4 Å². The highest BCUT2D eigenvalue weighted by Gasteiger charge is 2.34. The van der Waals surface area contributed by atoms with Crippen LogP contribution in [0.4, 0.5) is 0 Å². The molecule has 3 aromatic rings. The Labute approximate surface area is 139 Å². The lowest BCUT2D eigenvalue weighted by Gasteiger charge is -2.25. The van der Waals surface area contributed by atoms with Gasteiger partial charge in [0.1, 0.15) is 5.58 Å². The number of hydrogen-bond acceptors (Lipinski definition) is 4. The van der Waals surface area contributed by atoms with Crippen molar-refractivity contribution in [1.29, 1.82) is 0 Å². The van der Waals surface area contributed by atoms with Gasteiger partial charge in [0.2, 0.25) is 0 Å². The fourth-order valence-corrected chi connectivity index (χ4v) is 3.55. The van der Waals surface area contributed by atoms with E-state index < -0.39 is 5.63 Å². The Morgan fingerprint density at radius 1 is 1.00 bits per heavy atom. The van der Waals surface area contributed by atoms with Gasteiger partial charge in [-0.25, -0.2) is 4.79 Å². The number of halogens is 1. The number of carbonyl (C=O) groups is 1. The van der Waals surface area contributed by atoms with Gasteiger partial charge in [-0.3, -0.25) is 4.79 Å².